The second-order valence-corrected chi connectivity index (χ2v) is 8.33. The molecule has 1 aliphatic heterocycles. The predicted octanol–water partition coefficient (Wildman–Crippen LogP) is 4.12. The average Bonchev–Trinajstić information content (AvgIpc) is 3.40. The zero-order valence-corrected chi connectivity index (χ0v) is 16.1. The molecule has 0 bridgehead atoms. The summed E-state index contributed by atoms with van der Waals surface area (Å²) in [4.78, 5) is 4.40. The number of nitrogens with one attached hydrogen (secondary N) is 1. The SMILES string of the molecule is Clc1ccc(-c2noc(CSc3nnc(NC[C@@H]4CCCO4)s3)n2)cc1. The van der Waals surface area contributed by atoms with Gasteiger partial charge in [0.05, 0.1) is 11.9 Å². The number of nitrogens with zero attached hydrogens (tertiary/aromatic N) is 4. The Morgan fingerprint density at radius 2 is 2.15 bits per heavy atom. The van der Waals surface area contributed by atoms with E-state index in [9.17, 15) is 0 Å². The normalized spacial score (nSPS) is 16.9. The van der Waals surface area contributed by atoms with E-state index in [1.807, 2.05) is 12.1 Å². The van der Waals surface area contributed by atoms with Crippen molar-refractivity contribution in [3.63, 3.8) is 0 Å². The van der Waals surface area contributed by atoms with Gasteiger partial charge in [0.1, 0.15) is 0 Å². The van der Waals surface area contributed by atoms with E-state index in [1.165, 1.54) is 23.1 Å². The maximum absolute atomic E-state index is 5.89. The van der Waals surface area contributed by atoms with Gasteiger partial charge >= 0.3 is 0 Å². The molecule has 1 atom stereocenters. The second kappa shape index (κ2) is 8.34. The smallest absolute Gasteiger partial charge is 0.237 e. The molecule has 0 radical (unpaired) electrons. The van der Waals surface area contributed by atoms with Crippen LogP contribution in [0.1, 0.15) is 18.7 Å². The van der Waals surface area contributed by atoms with Gasteiger partial charge in [0.15, 0.2) is 4.34 Å². The van der Waals surface area contributed by atoms with Crippen molar-refractivity contribution in [1.29, 1.82) is 0 Å². The molecule has 2 aromatic heterocycles. The van der Waals surface area contributed by atoms with Gasteiger partial charge in [-0.3, -0.25) is 0 Å². The number of thioether (sulfide) groups is 1. The summed E-state index contributed by atoms with van der Waals surface area (Å²) in [5.74, 6) is 1.64. The van der Waals surface area contributed by atoms with Crippen LogP contribution in [0.15, 0.2) is 33.1 Å². The van der Waals surface area contributed by atoms with E-state index in [4.69, 9.17) is 20.9 Å². The van der Waals surface area contributed by atoms with Crippen LogP contribution in [-0.2, 0) is 10.5 Å². The molecular formula is C16H16ClN5O2S2. The molecule has 3 aromatic rings. The van der Waals surface area contributed by atoms with Crippen LogP contribution >= 0.6 is 34.7 Å². The number of rotatable bonds is 7. The number of benzene rings is 1. The van der Waals surface area contributed by atoms with Gasteiger partial charge in [-0.25, -0.2) is 0 Å². The lowest BCUT2D eigenvalue weighted by atomic mass is 10.2. The molecular weight excluding hydrogens is 394 g/mol. The van der Waals surface area contributed by atoms with E-state index < -0.39 is 0 Å². The summed E-state index contributed by atoms with van der Waals surface area (Å²) in [6.07, 6.45) is 2.51. The highest BCUT2D eigenvalue weighted by Crippen LogP contribution is 2.29. The molecule has 0 spiro atoms. The molecule has 0 aliphatic carbocycles. The van der Waals surface area contributed by atoms with Gasteiger partial charge in [0.2, 0.25) is 16.8 Å². The molecule has 26 heavy (non-hydrogen) atoms. The molecule has 7 nitrogen and oxygen atoms in total. The summed E-state index contributed by atoms with van der Waals surface area (Å²) in [5.41, 5.74) is 0.867. The van der Waals surface area contributed by atoms with Crippen molar-refractivity contribution >= 4 is 39.8 Å². The number of aromatic nitrogens is 4. The Labute approximate surface area is 163 Å². The third-order valence-corrected chi connectivity index (χ3v) is 6.05. The van der Waals surface area contributed by atoms with Crippen molar-refractivity contribution in [2.75, 3.05) is 18.5 Å². The highest BCUT2D eigenvalue weighted by atomic mass is 35.5. The van der Waals surface area contributed by atoms with E-state index in [0.29, 0.717) is 22.5 Å². The summed E-state index contributed by atoms with van der Waals surface area (Å²) in [5, 5.41) is 17.1. The van der Waals surface area contributed by atoms with Crippen LogP contribution in [0.5, 0.6) is 0 Å². The number of anilines is 1. The average molecular weight is 410 g/mol. The van der Waals surface area contributed by atoms with Crippen molar-refractivity contribution in [2.24, 2.45) is 0 Å². The van der Waals surface area contributed by atoms with E-state index in [1.54, 1.807) is 12.1 Å². The van der Waals surface area contributed by atoms with Crippen LogP contribution in [0.2, 0.25) is 5.02 Å². The maximum Gasteiger partial charge on any atom is 0.237 e. The first-order valence-corrected chi connectivity index (χ1v) is 10.3. The van der Waals surface area contributed by atoms with E-state index in [0.717, 1.165) is 41.0 Å². The van der Waals surface area contributed by atoms with Gasteiger partial charge in [0, 0.05) is 23.7 Å². The molecule has 1 N–H and O–H groups in total. The number of halogens is 1. The van der Waals surface area contributed by atoms with Gasteiger partial charge in [-0.1, -0.05) is 39.9 Å². The van der Waals surface area contributed by atoms with Crippen LogP contribution in [0.25, 0.3) is 11.4 Å². The van der Waals surface area contributed by atoms with Crippen LogP contribution in [-0.4, -0.2) is 39.6 Å². The van der Waals surface area contributed by atoms with Crippen molar-refractivity contribution in [1.82, 2.24) is 20.3 Å². The van der Waals surface area contributed by atoms with Crippen LogP contribution in [0, 0.1) is 0 Å². The minimum Gasteiger partial charge on any atom is -0.376 e. The Bertz CT molecular complexity index is 848. The maximum atomic E-state index is 5.89. The van der Waals surface area contributed by atoms with Crippen molar-refractivity contribution in [3.8, 4) is 11.4 Å². The molecule has 3 heterocycles. The summed E-state index contributed by atoms with van der Waals surface area (Å²) >= 11 is 8.92. The van der Waals surface area contributed by atoms with Gasteiger partial charge < -0.3 is 14.6 Å². The second-order valence-electron chi connectivity index (χ2n) is 5.70. The standard InChI is InChI=1S/C16H16ClN5O2S2/c17-11-5-3-10(4-6-11)14-19-13(24-22-14)9-25-16-21-20-15(26-16)18-8-12-2-1-7-23-12/h3-6,12H,1-2,7-9H2,(H,18,20)/t12-/m0/s1. The van der Waals surface area contributed by atoms with E-state index in [2.05, 4.69) is 25.7 Å². The zero-order chi connectivity index (χ0) is 17.8. The van der Waals surface area contributed by atoms with Gasteiger partial charge in [-0.05, 0) is 37.1 Å². The molecule has 4 rings (SSSR count). The summed E-state index contributed by atoms with van der Waals surface area (Å²) < 4.78 is 11.7. The van der Waals surface area contributed by atoms with Gasteiger partial charge in [-0.15, -0.1) is 10.2 Å². The zero-order valence-electron chi connectivity index (χ0n) is 13.7. The molecule has 1 fully saturated rings. The Morgan fingerprint density at radius 3 is 2.96 bits per heavy atom. The Kier molecular flexibility index (Phi) is 5.68. The lowest BCUT2D eigenvalue weighted by Gasteiger charge is -2.08. The van der Waals surface area contributed by atoms with Crippen molar-refractivity contribution < 1.29 is 9.26 Å². The van der Waals surface area contributed by atoms with E-state index >= 15 is 0 Å². The quantitative estimate of drug-likeness (QED) is 0.583. The molecule has 10 heteroatoms. The highest BCUT2D eigenvalue weighted by Gasteiger charge is 2.16. The minimum atomic E-state index is 0.277. The molecule has 136 valence electrons. The molecule has 1 aromatic carbocycles. The third-order valence-electron chi connectivity index (χ3n) is 3.80. The fourth-order valence-electron chi connectivity index (χ4n) is 2.50. The first-order valence-electron chi connectivity index (χ1n) is 8.16. The van der Waals surface area contributed by atoms with Crippen LogP contribution in [0.3, 0.4) is 0 Å². The number of hydrogen-bond acceptors (Lipinski definition) is 9. The highest BCUT2D eigenvalue weighted by molar-refractivity contribution is 8.00. The summed E-state index contributed by atoms with van der Waals surface area (Å²) in [7, 11) is 0. The Balaban J connectivity index is 1.29. The lowest BCUT2D eigenvalue weighted by molar-refractivity contribution is 0.120. The van der Waals surface area contributed by atoms with Crippen LogP contribution < -0.4 is 5.32 Å². The number of hydrogen-bond donors (Lipinski definition) is 1. The monoisotopic (exact) mass is 409 g/mol. The Hall–Kier alpha value is -1.68. The molecule has 0 unspecified atom stereocenters. The fourth-order valence-corrected chi connectivity index (χ4v) is 4.22. The lowest BCUT2D eigenvalue weighted by Crippen LogP contribution is -2.18. The first kappa shape index (κ1) is 17.7. The van der Waals surface area contributed by atoms with Crippen molar-refractivity contribution in [2.45, 2.75) is 29.0 Å². The molecule has 0 saturated carbocycles. The summed E-state index contributed by atoms with van der Waals surface area (Å²) in [6.45, 7) is 1.62. The van der Waals surface area contributed by atoms with Crippen LogP contribution in [0.4, 0.5) is 5.13 Å². The molecule has 0 amide bonds. The predicted molar refractivity (Wildman–Crippen MR) is 102 cm³/mol. The fraction of sp³-hybridized carbons (Fsp3) is 0.375. The van der Waals surface area contributed by atoms with Crippen molar-refractivity contribution in [3.05, 3.63) is 35.2 Å². The first-order chi connectivity index (χ1) is 12.8. The topological polar surface area (TPSA) is 86.0 Å². The number of ether oxygens (including phenoxy) is 1. The molecule has 1 aliphatic rings. The minimum absolute atomic E-state index is 0.277. The summed E-state index contributed by atoms with van der Waals surface area (Å²) in [6, 6.07) is 7.32. The van der Waals surface area contributed by atoms with Gasteiger partial charge in [0.25, 0.3) is 0 Å². The Morgan fingerprint density at radius 1 is 1.27 bits per heavy atom. The van der Waals surface area contributed by atoms with E-state index in [-0.39, 0.29) is 6.10 Å². The van der Waals surface area contributed by atoms with Gasteiger partial charge in [-0.2, -0.15) is 4.98 Å². The molecule has 1 saturated heterocycles. The largest absolute Gasteiger partial charge is 0.376 e. The third kappa shape index (κ3) is 4.53.